The second-order valence-corrected chi connectivity index (χ2v) is 7.27. The van der Waals surface area contributed by atoms with E-state index in [1.807, 2.05) is 6.07 Å². The lowest BCUT2D eigenvalue weighted by molar-refractivity contribution is 0.0642. The van der Waals surface area contributed by atoms with Crippen LogP contribution in [0.1, 0.15) is 65.5 Å². The first kappa shape index (κ1) is 17.1. The summed E-state index contributed by atoms with van der Waals surface area (Å²) < 4.78 is 12.1. The molecule has 0 fully saturated rings. The first-order valence-corrected chi connectivity index (χ1v) is 8.61. The van der Waals surface area contributed by atoms with Gasteiger partial charge in [0, 0.05) is 12.5 Å². The third-order valence-corrected chi connectivity index (χ3v) is 4.03. The molecule has 22 heavy (non-hydrogen) atoms. The molecule has 0 saturated heterocycles. The number of nitrogens with one attached hydrogen (secondary N) is 1. The second kappa shape index (κ2) is 7.36. The number of rotatable bonds is 7. The Morgan fingerprint density at radius 2 is 2.14 bits per heavy atom. The van der Waals surface area contributed by atoms with Crippen LogP contribution < -0.4 is 14.8 Å². The van der Waals surface area contributed by atoms with Gasteiger partial charge in [-0.1, -0.05) is 26.8 Å². The van der Waals surface area contributed by atoms with Crippen molar-refractivity contribution in [1.29, 1.82) is 0 Å². The maximum atomic E-state index is 6.18. The Kier molecular flexibility index (Phi) is 5.74. The molecule has 0 aliphatic carbocycles. The molecule has 1 aliphatic heterocycles. The molecule has 0 aromatic heterocycles. The van der Waals surface area contributed by atoms with Crippen LogP contribution in [-0.2, 0) is 0 Å². The van der Waals surface area contributed by atoms with E-state index in [-0.39, 0.29) is 5.60 Å². The van der Waals surface area contributed by atoms with Crippen molar-refractivity contribution in [2.24, 2.45) is 5.92 Å². The number of fused-ring (bicyclic) bond motifs is 1. The molecular formula is C19H31NO2. The molecule has 1 aliphatic rings. The molecule has 2 rings (SSSR count). The van der Waals surface area contributed by atoms with E-state index in [0.717, 1.165) is 37.5 Å². The van der Waals surface area contributed by atoms with Gasteiger partial charge in [-0.3, -0.25) is 0 Å². The van der Waals surface area contributed by atoms with Crippen LogP contribution >= 0.6 is 0 Å². The molecule has 3 heteroatoms. The Hall–Kier alpha value is -1.22. The predicted molar refractivity (Wildman–Crippen MR) is 91.8 cm³/mol. The largest absolute Gasteiger partial charge is 0.493 e. The van der Waals surface area contributed by atoms with Crippen LogP contribution in [0.2, 0.25) is 0 Å². The molecule has 0 saturated carbocycles. The summed E-state index contributed by atoms with van der Waals surface area (Å²) in [6, 6.07) is 6.45. The maximum absolute atomic E-state index is 6.18. The molecule has 1 aromatic carbocycles. The molecule has 0 amide bonds. The lowest BCUT2D eigenvalue weighted by atomic mass is 9.89. The molecule has 3 nitrogen and oxygen atoms in total. The Bertz CT molecular complexity index is 482. The molecule has 1 heterocycles. The molecule has 124 valence electrons. The van der Waals surface area contributed by atoms with E-state index in [0.29, 0.717) is 12.0 Å². The van der Waals surface area contributed by atoms with Crippen molar-refractivity contribution in [2.75, 3.05) is 13.2 Å². The standard InChI is InChI=1S/C19H31NO2/c1-6-12-21-16-8-7-9-17-18(16)15(13-19(4,5)22-17)20-11-10-14(2)3/h7-9,14-15,20H,6,10-13H2,1-5H3. The molecule has 0 bridgehead atoms. The van der Waals surface area contributed by atoms with Crippen LogP contribution in [0.4, 0.5) is 0 Å². The minimum atomic E-state index is -0.147. The monoisotopic (exact) mass is 305 g/mol. The van der Waals surface area contributed by atoms with Gasteiger partial charge in [-0.15, -0.1) is 0 Å². The highest BCUT2D eigenvalue weighted by Crippen LogP contribution is 2.44. The highest BCUT2D eigenvalue weighted by atomic mass is 16.5. The molecule has 1 aromatic rings. The smallest absolute Gasteiger partial charge is 0.128 e. The van der Waals surface area contributed by atoms with Gasteiger partial charge >= 0.3 is 0 Å². The molecule has 1 atom stereocenters. The Morgan fingerprint density at radius 3 is 2.82 bits per heavy atom. The van der Waals surface area contributed by atoms with E-state index in [1.165, 1.54) is 12.0 Å². The number of ether oxygens (including phenoxy) is 2. The minimum absolute atomic E-state index is 0.147. The average molecular weight is 305 g/mol. The molecule has 1 unspecified atom stereocenters. The highest BCUT2D eigenvalue weighted by molar-refractivity contribution is 5.48. The van der Waals surface area contributed by atoms with Gasteiger partial charge in [0.15, 0.2) is 0 Å². The summed E-state index contributed by atoms with van der Waals surface area (Å²) in [5.74, 6) is 2.65. The van der Waals surface area contributed by atoms with Crippen LogP contribution in [0.15, 0.2) is 18.2 Å². The maximum Gasteiger partial charge on any atom is 0.128 e. The van der Waals surface area contributed by atoms with E-state index in [2.05, 4.69) is 52.1 Å². The summed E-state index contributed by atoms with van der Waals surface area (Å²) in [6.07, 6.45) is 3.16. The van der Waals surface area contributed by atoms with Gasteiger partial charge < -0.3 is 14.8 Å². The van der Waals surface area contributed by atoms with Crippen molar-refractivity contribution >= 4 is 0 Å². The predicted octanol–water partition coefficient (Wildman–Crippen LogP) is 4.71. The number of hydrogen-bond acceptors (Lipinski definition) is 3. The first-order chi connectivity index (χ1) is 10.4. The van der Waals surface area contributed by atoms with E-state index in [9.17, 15) is 0 Å². The lowest BCUT2D eigenvalue weighted by Crippen LogP contribution is -2.40. The zero-order chi connectivity index (χ0) is 16.2. The van der Waals surface area contributed by atoms with Gasteiger partial charge in [0.2, 0.25) is 0 Å². The zero-order valence-electron chi connectivity index (χ0n) is 14.7. The van der Waals surface area contributed by atoms with Crippen molar-refractivity contribution in [1.82, 2.24) is 5.32 Å². The van der Waals surface area contributed by atoms with Crippen LogP contribution in [0.5, 0.6) is 11.5 Å². The lowest BCUT2D eigenvalue weighted by Gasteiger charge is -2.39. The summed E-state index contributed by atoms with van der Waals surface area (Å²) in [5.41, 5.74) is 1.05. The van der Waals surface area contributed by atoms with Gasteiger partial charge in [-0.2, -0.15) is 0 Å². The van der Waals surface area contributed by atoms with E-state index in [4.69, 9.17) is 9.47 Å². The number of benzene rings is 1. The Labute approximate surface area is 135 Å². The summed E-state index contributed by atoms with van der Waals surface area (Å²) in [5, 5.41) is 3.72. The van der Waals surface area contributed by atoms with Crippen molar-refractivity contribution in [2.45, 2.75) is 65.5 Å². The fourth-order valence-corrected chi connectivity index (χ4v) is 2.95. The molecule has 1 N–H and O–H groups in total. The summed E-state index contributed by atoms with van der Waals surface area (Å²) in [7, 11) is 0. The van der Waals surface area contributed by atoms with E-state index >= 15 is 0 Å². The van der Waals surface area contributed by atoms with Crippen molar-refractivity contribution in [3.8, 4) is 11.5 Å². The zero-order valence-corrected chi connectivity index (χ0v) is 14.7. The van der Waals surface area contributed by atoms with Gasteiger partial charge in [0.25, 0.3) is 0 Å². The summed E-state index contributed by atoms with van der Waals surface area (Å²) >= 11 is 0. The minimum Gasteiger partial charge on any atom is -0.493 e. The molecular weight excluding hydrogens is 274 g/mol. The fraction of sp³-hybridized carbons (Fsp3) is 0.684. The third kappa shape index (κ3) is 4.39. The normalized spacial score (nSPS) is 19.6. The van der Waals surface area contributed by atoms with Gasteiger partial charge in [0.1, 0.15) is 17.1 Å². The van der Waals surface area contributed by atoms with Gasteiger partial charge in [0.05, 0.1) is 12.2 Å². The first-order valence-electron chi connectivity index (χ1n) is 8.61. The summed E-state index contributed by atoms with van der Waals surface area (Å²) in [4.78, 5) is 0. The summed E-state index contributed by atoms with van der Waals surface area (Å²) in [6.45, 7) is 12.8. The Balaban J connectivity index is 2.23. The van der Waals surface area contributed by atoms with Crippen LogP contribution in [0, 0.1) is 5.92 Å². The van der Waals surface area contributed by atoms with Crippen molar-refractivity contribution in [3.63, 3.8) is 0 Å². The molecule has 0 radical (unpaired) electrons. The van der Waals surface area contributed by atoms with Crippen LogP contribution in [0.25, 0.3) is 0 Å². The van der Waals surface area contributed by atoms with Gasteiger partial charge in [-0.25, -0.2) is 0 Å². The van der Waals surface area contributed by atoms with Crippen LogP contribution in [-0.4, -0.2) is 18.8 Å². The van der Waals surface area contributed by atoms with Gasteiger partial charge in [-0.05, 0) is 51.3 Å². The van der Waals surface area contributed by atoms with Crippen LogP contribution in [0.3, 0.4) is 0 Å². The van der Waals surface area contributed by atoms with Crippen molar-refractivity contribution < 1.29 is 9.47 Å². The highest BCUT2D eigenvalue weighted by Gasteiger charge is 2.35. The third-order valence-electron chi connectivity index (χ3n) is 4.03. The van der Waals surface area contributed by atoms with E-state index in [1.54, 1.807) is 0 Å². The number of hydrogen-bond donors (Lipinski definition) is 1. The van der Waals surface area contributed by atoms with Crippen molar-refractivity contribution in [3.05, 3.63) is 23.8 Å². The second-order valence-electron chi connectivity index (χ2n) is 7.27. The molecule has 0 spiro atoms. The quantitative estimate of drug-likeness (QED) is 0.791. The Morgan fingerprint density at radius 1 is 1.36 bits per heavy atom. The SMILES string of the molecule is CCCOc1cccc2c1C(NCCC(C)C)CC(C)(C)O2. The fourth-order valence-electron chi connectivity index (χ4n) is 2.95. The van der Waals surface area contributed by atoms with E-state index < -0.39 is 0 Å². The average Bonchev–Trinajstić information content (AvgIpc) is 2.43. The topological polar surface area (TPSA) is 30.5 Å².